The molecule has 7 heteroatoms. The third-order valence-electron chi connectivity index (χ3n) is 4.65. The van der Waals surface area contributed by atoms with Crippen LogP contribution < -0.4 is 10.0 Å². The Bertz CT molecular complexity index is 1300. The van der Waals surface area contributed by atoms with Gasteiger partial charge in [0.15, 0.2) is 0 Å². The summed E-state index contributed by atoms with van der Waals surface area (Å²) in [5.41, 5.74) is 4.05. The van der Waals surface area contributed by atoms with E-state index in [1.54, 1.807) is 42.5 Å². The quantitative estimate of drug-likeness (QED) is 0.389. The average molecular weight is 449 g/mol. The Kier molecular flexibility index (Phi) is 5.88. The van der Waals surface area contributed by atoms with E-state index >= 15 is 0 Å². The number of nitrogens with one attached hydrogen (secondary N) is 2. The highest BCUT2D eigenvalue weighted by molar-refractivity contribution is 7.92. The number of anilines is 2. The van der Waals surface area contributed by atoms with Gasteiger partial charge in [-0.25, -0.2) is 8.42 Å². The van der Waals surface area contributed by atoms with E-state index in [1.165, 1.54) is 18.3 Å². The number of carbonyl (C=O) groups excluding carboxylic acids is 1. The van der Waals surface area contributed by atoms with Gasteiger partial charge in [0, 0.05) is 12.6 Å². The maximum absolute atomic E-state index is 13.0. The van der Waals surface area contributed by atoms with Gasteiger partial charge in [0.2, 0.25) is 5.91 Å². The van der Waals surface area contributed by atoms with Crippen molar-refractivity contribution >= 4 is 38.6 Å². The monoisotopic (exact) mass is 448 g/mol. The summed E-state index contributed by atoms with van der Waals surface area (Å²) in [6.07, 6.45) is 0. The fraction of sp³-hybridized carbons (Fsp3) is 0.0417. The number of benzene rings is 3. The molecule has 5 nitrogen and oxygen atoms in total. The van der Waals surface area contributed by atoms with Crippen LogP contribution in [0.5, 0.6) is 0 Å². The lowest BCUT2D eigenvalue weighted by atomic mass is 10.1. The molecule has 4 rings (SSSR count). The molecule has 4 aromatic rings. The molecule has 1 heterocycles. The minimum absolute atomic E-state index is 0.143. The Morgan fingerprint density at radius 3 is 2.03 bits per heavy atom. The fourth-order valence-electron chi connectivity index (χ4n) is 3.18. The van der Waals surface area contributed by atoms with Crippen molar-refractivity contribution in [3.63, 3.8) is 0 Å². The van der Waals surface area contributed by atoms with Gasteiger partial charge >= 0.3 is 0 Å². The molecule has 0 aliphatic carbocycles. The molecule has 1 amide bonds. The van der Waals surface area contributed by atoms with E-state index in [1.807, 2.05) is 47.8 Å². The summed E-state index contributed by atoms with van der Waals surface area (Å²) in [5, 5.41) is 4.56. The Labute approximate surface area is 185 Å². The van der Waals surface area contributed by atoms with Gasteiger partial charge in [0.1, 0.15) is 0 Å². The number of carbonyl (C=O) groups is 1. The Morgan fingerprint density at radius 1 is 0.774 bits per heavy atom. The molecule has 0 bridgehead atoms. The van der Waals surface area contributed by atoms with Crippen LogP contribution >= 0.6 is 11.3 Å². The molecule has 31 heavy (non-hydrogen) atoms. The molecular weight excluding hydrogens is 428 g/mol. The normalized spacial score (nSPS) is 11.1. The smallest absolute Gasteiger partial charge is 0.261 e. The third-order valence-corrected chi connectivity index (χ3v) is 6.99. The van der Waals surface area contributed by atoms with Crippen LogP contribution in [0.1, 0.15) is 6.92 Å². The molecule has 0 aliphatic rings. The van der Waals surface area contributed by atoms with Gasteiger partial charge < -0.3 is 5.32 Å². The average Bonchev–Trinajstić information content (AvgIpc) is 3.22. The minimum atomic E-state index is -3.74. The minimum Gasteiger partial charge on any atom is -0.326 e. The van der Waals surface area contributed by atoms with Crippen molar-refractivity contribution in [3.05, 3.63) is 90.3 Å². The molecule has 0 saturated heterocycles. The van der Waals surface area contributed by atoms with Crippen molar-refractivity contribution < 1.29 is 13.2 Å². The molecule has 0 spiro atoms. The van der Waals surface area contributed by atoms with Crippen LogP contribution in [0.3, 0.4) is 0 Å². The molecule has 1 aromatic heterocycles. The number of thiophene rings is 1. The number of hydrogen-bond acceptors (Lipinski definition) is 4. The number of hydrogen-bond donors (Lipinski definition) is 2. The first-order valence-corrected chi connectivity index (χ1v) is 11.9. The molecule has 0 saturated carbocycles. The lowest BCUT2D eigenvalue weighted by Crippen LogP contribution is -2.12. The van der Waals surface area contributed by atoms with Crippen molar-refractivity contribution in [3.8, 4) is 21.6 Å². The Morgan fingerprint density at radius 2 is 1.39 bits per heavy atom. The second kappa shape index (κ2) is 8.75. The molecule has 0 atom stereocenters. The zero-order valence-electron chi connectivity index (χ0n) is 16.7. The van der Waals surface area contributed by atoms with Crippen molar-refractivity contribution in [2.24, 2.45) is 0 Å². The fourth-order valence-corrected chi connectivity index (χ4v) is 5.18. The summed E-state index contributed by atoms with van der Waals surface area (Å²) in [6, 6.07) is 25.7. The van der Waals surface area contributed by atoms with Gasteiger partial charge in [-0.1, -0.05) is 54.6 Å². The molecule has 0 radical (unpaired) electrons. The molecule has 0 aliphatic heterocycles. The lowest BCUT2D eigenvalue weighted by Gasteiger charge is -2.10. The van der Waals surface area contributed by atoms with Crippen LogP contribution in [0.25, 0.3) is 21.6 Å². The van der Waals surface area contributed by atoms with Crippen LogP contribution in [0, 0.1) is 0 Å². The first-order chi connectivity index (χ1) is 14.9. The van der Waals surface area contributed by atoms with Gasteiger partial charge in [0.05, 0.1) is 15.5 Å². The van der Waals surface area contributed by atoms with Crippen LogP contribution in [0.4, 0.5) is 11.4 Å². The topological polar surface area (TPSA) is 75.3 Å². The van der Waals surface area contributed by atoms with Crippen molar-refractivity contribution in [2.45, 2.75) is 11.8 Å². The summed E-state index contributed by atoms with van der Waals surface area (Å²) >= 11 is 1.44. The van der Waals surface area contributed by atoms with E-state index in [2.05, 4.69) is 10.0 Å². The molecular formula is C24H20N2O3S2. The van der Waals surface area contributed by atoms with Crippen molar-refractivity contribution in [2.75, 3.05) is 10.0 Å². The molecule has 0 unspecified atom stereocenters. The van der Waals surface area contributed by atoms with E-state index in [0.717, 1.165) is 21.6 Å². The largest absolute Gasteiger partial charge is 0.326 e. The van der Waals surface area contributed by atoms with Gasteiger partial charge in [-0.05, 0) is 52.4 Å². The first kappa shape index (κ1) is 20.8. The molecule has 3 aromatic carbocycles. The molecule has 2 N–H and O–H groups in total. The van der Waals surface area contributed by atoms with Gasteiger partial charge in [-0.15, -0.1) is 11.3 Å². The van der Waals surface area contributed by atoms with Crippen LogP contribution in [-0.2, 0) is 14.8 Å². The standard InChI is InChI=1S/C24H20N2O3S2/c1-17(27)25-21-11-7-20(8-12-21)24-23(15-16-30-24)26-31(28,29)22-13-9-19(10-14-22)18-5-3-2-4-6-18/h2-16,26H,1H3,(H,25,27). The summed E-state index contributed by atoms with van der Waals surface area (Å²) in [5.74, 6) is -0.143. The first-order valence-electron chi connectivity index (χ1n) is 9.56. The highest BCUT2D eigenvalue weighted by Gasteiger charge is 2.17. The second-order valence-corrected chi connectivity index (χ2v) is 9.52. The van der Waals surface area contributed by atoms with E-state index in [9.17, 15) is 13.2 Å². The van der Waals surface area contributed by atoms with E-state index < -0.39 is 10.0 Å². The SMILES string of the molecule is CC(=O)Nc1ccc(-c2sccc2NS(=O)(=O)c2ccc(-c3ccccc3)cc2)cc1. The maximum Gasteiger partial charge on any atom is 0.261 e. The number of amides is 1. The molecule has 156 valence electrons. The number of rotatable bonds is 6. The summed E-state index contributed by atoms with van der Waals surface area (Å²) in [7, 11) is -3.74. The molecule has 0 fully saturated rings. The van der Waals surface area contributed by atoms with E-state index in [0.29, 0.717) is 11.4 Å². The predicted molar refractivity (Wildman–Crippen MR) is 127 cm³/mol. The zero-order valence-corrected chi connectivity index (χ0v) is 18.3. The van der Waals surface area contributed by atoms with Gasteiger partial charge in [-0.2, -0.15) is 0 Å². The van der Waals surface area contributed by atoms with E-state index in [-0.39, 0.29) is 10.8 Å². The zero-order chi connectivity index (χ0) is 21.8. The summed E-state index contributed by atoms with van der Waals surface area (Å²) < 4.78 is 28.6. The van der Waals surface area contributed by atoms with Gasteiger partial charge in [0.25, 0.3) is 10.0 Å². The number of sulfonamides is 1. The van der Waals surface area contributed by atoms with Crippen molar-refractivity contribution in [1.82, 2.24) is 0 Å². The second-order valence-electron chi connectivity index (χ2n) is 6.92. The van der Waals surface area contributed by atoms with Crippen molar-refractivity contribution in [1.29, 1.82) is 0 Å². The summed E-state index contributed by atoms with van der Waals surface area (Å²) in [6.45, 7) is 1.45. The lowest BCUT2D eigenvalue weighted by molar-refractivity contribution is -0.114. The van der Waals surface area contributed by atoms with Crippen LogP contribution in [0.2, 0.25) is 0 Å². The predicted octanol–water partition coefficient (Wildman–Crippen LogP) is 5.84. The van der Waals surface area contributed by atoms with Crippen LogP contribution in [-0.4, -0.2) is 14.3 Å². The maximum atomic E-state index is 13.0. The highest BCUT2D eigenvalue weighted by atomic mass is 32.2. The highest BCUT2D eigenvalue weighted by Crippen LogP contribution is 2.35. The third kappa shape index (κ3) is 4.84. The Balaban J connectivity index is 1.56. The van der Waals surface area contributed by atoms with Gasteiger partial charge in [-0.3, -0.25) is 9.52 Å². The summed E-state index contributed by atoms with van der Waals surface area (Å²) in [4.78, 5) is 12.2. The van der Waals surface area contributed by atoms with E-state index in [4.69, 9.17) is 0 Å². The van der Waals surface area contributed by atoms with Crippen LogP contribution in [0.15, 0.2) is 95.2 Å². The Hall–Kier alpha value is -3.42.